The molecule has 3 rings (SSSR count). The number of ether oxygens (including phenoxy) is 2. The first-order valence-electron chi connectivity index (χ1n) is 10.4. The molecule has 1 amide bonds. The number of halogens is 1. The van der Waals surface area contributed by atoms with Gasteiger partial charge in [0.15, 0.2) is 0 Å². The normalized spacial score (nSPS) is 15.5. The Bertz CT molecular complexity index is 847. The summed E-state index contributed by atoms with van der Waals surface area (Å²) in [6.07, 6.45) is 1.95. The van der Waals surface area contributed by atoms with Crippen molar-refractivity contribution in [1.82, 2.24) is 4.90 Å². The summed E-state index contributed by atoms with van der Waals surface area (Å²) >= 11 is 6.34. The summed E-state index contributed by atoms with van der Waals surface area (Å²) in [5.74, 6) is 0.593. The molecule has 1 heterocycles. The molecule has 160 valence electrons. The Hall–Kier alpha value is -2.53. The van der Waals surface area contributed by atoms with E-state index in [1.807, 2.05) is 66.4 Å². The van der Waals surface area contributed by atoms with Crippen LogP contribution in [0.25, 0.3) is 0 Å². The molecule has 0 radical (unpaired) electrons. The van der Waals surface area contributed by atoms with Gasteiger partial charge in [0.25, 0.3) is 0 Å². The van der Waals surface area contributed by atoms with Crippen LogP contribution in [-0.4, -0.2) is 43.1 Å². The van der Waals surface area contributed by atoms with Gasteiger partial charge in [-0.25, -0.2) is 0 Å². The van der Waals surface area contributed by atoms with Gasteiger partial charge in [0.05, 0.1) is 25.0 Å². The number of carbonyl (C=O) groups excluding carboxylic acids is 2. The van der Waals surface area contributed by atoms with Crippen LogP contribution in [0.5, 0.6) is 5.75 Å². The molecule has 30 heavy (non-hydrogen) atoms. The van der Waals surface area contributed by atoms with Crippen LogP contribution >= 0.6 is 11.6 Å². The van der Waals surface area contributed by atoms with Gasteiger partial charge in [-0.2, -0.15) is 0 Å². The number of hydrogen-bond acceptors (Lipinski definition) is 4. The molecule has 6 heteroatoms. The van der Waals surface area contributed by atoms with Gasteiger partial charge in [0, 0.05) is 18.1 Å². The van der Waals surface area contributed by atoms with Crippen LogP contribution in [0.1, 0.15) is 31.7 Å². The second-order valence-electron chi connectivity index (χ2n) is 7.56. The third-order valence-corrected chi connectivity index (χ3v) is 5.96. The van der Waals surface area contributed by atoms with Gasteiger partial charge in [-0.3, -0.25) is 9.59 Å². The summed E-state index contributed by atoms with van der Waals surface area (Å²) in [4.78, 5) is 27.3. The van der Waals surface area contributed by atoms with E-state index in [4.69, 9.17) is 21.1 Å². The largest absolute Gasteiger partial charge is 0.493 e. The number of esters is 1. The average molecular weight is 430 g/mol. The summed E-state index contributed by atoms with van der Waals surface area (Å²) in [7, 11) is 0. The van der Waals surface area contributed by atoms with E-state index in [9.17, 15) is 9.59 Å². The molecule has 0 unspecified atom stereocenters. The molecular weight excluding hydrogens is 402 g/mol. The van der Waals surface area contributed by atoms with Gasteiger partial charge < -0.3 is 14.4 Å². The van der Waals surface area contributed by atoms with Gasteiger partial charge in [-0.15, -0.1) is 0 Å². The quantitative estimate of drug-likeness (QED) is 0.579. The van der Waals surface area contributed by atoms with Crippen molar-refractivity contribution in [2.75, 3.05) is 26.3 Å². The number of piperidine rings is 1. The van der Waals surface area contributed by atoms with E-state index in [1.165, 1.54) is 0 Å². The van der Waals surface area contributed by atoms with Crippen molar-refractivity contribution in [2.24, 2.45) is 5.41 Å². The topological polar surface area (TPSA) is 55.8 Å². The van der Waals surface area contributed by atoms with Crippen molar-refractivity contribution >= 4 is 23.5 Å². The van der Waals surface area contributed by atoms with Crippen LogP contribution in [0.3, 0.4) is 0 Å². The molecule has 1 aliphatic heterocycles. The second kappa shape index (κ2) is 10.5. The van der Waals surface area contributed by atoms with Crippen molar-refractivity contribution in [3.63, 3.8) is 0 Å². The number of benzene rings is 2. The first-order valence-corrected chi connectivity index (χ1v) is 10.8. The fourth-order valence-electron chi connectivity index (χ4n) is 3.86. The molecule has 1 fully saturated rings. The van der Waals surface area contributed by atoms with Crippen LogP contribution in [0.2, 0.25) is 5.02 Å². The molecule has 1 saturated heterocycles. The number of rotatable bonds is 8. The van der Waals surface area contributed by atoms with E-state index in [2.05, 4.69) is 0 Å². The summed E-state index contributed by atoms with van der Waals surface area (Å²) in [5, 5.41) is 0.651. The highest BCUT2D eigenvalue weighted by Crippen LogP contribution is 2.38. The number of hydrogen-bond donors (Lipinski definition) is 0. The predicted molar refractivity (Wildman–Crippen MR) is 117 cm³/mol. The predicted octanol–water partition coefficient (Wildman–Crippen LogP) is 4.52. The van der Waals surface area contributed by atoms with Crippen LogP contribution in [-0.2, 0) is 20.7 Å². The van der Waals surface area contributed by atoms with Crippen molar-refractivity contribution in [3.05, 3.63) is 65.2 Å². The summed E-state index contributed by atoms with van der Waals surface area (Å²) in [6.45, 7) is 3.53. The average Bonchev–Trinajstić information content (AvgIpc) is 2.76. The Morgan fingerprint density at radius 1 is 1.03 bits per heavy atom. The maximum atomic E-state index is 12.9. The molecule has 5 nitrogen and oxygen atoms in total. The van der Waals surface area contributed by atoms with Gasteiger partial charge in [0.2, 0.25) is 5.91 Å². The number of nitrogens with zero attached hydrogens (tertiary/aromatic N) is 1. The summed E-state index contributed by atoms with van der Waals surface area (Å²) in [6, 6.07) is 17.0. The Labute approximate surface area is 182 Å². The molecule has 0 N–H and O–H groups in total. The lowest BCUT2D eigenvalue weighted by Gasteiger charge is -2.40. The van der Waals surface area contributed by atoms with Crippen molar-refractivity contribution in [3.8, 4) is 5.75 Å². The van der Waals surface area contributed by atoms with E-state index in [1.54, 1.807) is 0 Å². The number of amides is 1. The Balaban J connectivity index is 1.59. The minimum atomic E-state index is -0.654. The van der Waals surface area contributed by atoms with E-state index >= 15 is 0 Å². The van der Waals surface area contributed by atoms with Crippen molar-refractivity contribution in [2.45, 2.75) is 32.6 Å². The zero-order valence-electron chi connectivity index (χ0n) is 17.3. The highest BCUT2D eigenvalue weighted by Gasteiger charge is 2.43. The molecule has 1 aliphatic rings. The zero-order valence-corrected chi connectivity index (χ0v) is 18.1. The van der Waals surface area contributed by atoms with Crippen molar-refractivity contribution in [1.29, 1.82) is 0 Å². The van der Waals surface area contributed by atoms with Crippen LogP contribution in [0.15, 0.2) is 54.6 Å². The molecule has 0 aliphatic carbocycles. The van der Waals surface area contributed by atoms with Gasteiger partial charge in [-0.05, 0) is 49.9 Å². The number of para-hydroxylation sites is 1. The molecule has 2 aromatic carbocycles. The summed E-state index contributed by atoms with van der Waals surface area (Å²) < 4.78 is 11.0. The lowest BCUT2D eigenvalue weighted by atomic mass is 9.73. The summed E-state index contributed by atoms with van der Waals surface area (Å²) in [5.41, 5.74) is 0.279. The maximum absolute atomic E-state index is 12.9. The molecular formula is C24H28ClNO4. The standard InChI is InChI=1S/C24H28ClNO4/c1-2-29-23(28)24(18-19-8-6-7-11-21(19)25)13-15-26(16-14-24)22(27)12-17-30-20-9-4-3-5-10-20/h3-11H,2,12-18H2,1H3. The molecule has 0 atom stereocenters. The smallest absolute Gasteiger partial charge is 0.312 e. The molecule has 0 aromatic heterocycles. The van der Waals surface area contributed by atoms with Crippen LogP contribution in [0, 0.1) is 5.41 Å². The lowest BCUT2D eigenvalue weighted by molar-refractivity contribution is -0.160. The second-order valence-corrected chi connectivity index (χ2v) is 7.97. The first-order chi connectivity index (χ1) is 14.5. The fraction of sp³-hybridized carbons (Fsp3) is 0.417. The van der Waals surface area contributed by atoms with Crippen LogP contribution < -0.4 is 4.74 Å². The molecule has 0 spiro atoms. The maximum Gasteiger partial charge on any atom is 0.312 e. The third-order valence-electron chi connectivity index (χ3n) is 5.60. The fourth-order valence-corrected chi connectivity index (χ4v) is 4.06. The van der Waals surface area contributed by atoms with Crippen molar-refractivity contribution < 1.29 is 19.1 Å². The van der Waals surface area contributed by atoms with Gasteiger partial charge >= 0.3 is 5.97 Å². The Morgan fingerprint density at radius 3 is 2.37 bits per heavy atom. The monoisotopic (exact) mass is 429 g/mol. The van der Waals surface area contributed by atoms with E-state index in [0.717, 1.165) is 11.3 Å². The zero-order chi connectivity index (χ0) is 21.4. The molecule has 2 aromatic rings. The van der Waals surface area contributed by atoms with E-state index in [0.29, 0.717) is 57.0 Å². The molecule has 0 bridgehead atoms. The lowest BCUT2D eigenvalue weighted by Crippen LogP contribution is -2.48. The highest BCUT2D eigenvalue weighted by molar-refractivity contribution is 6.31. The SMILES string of the molecule is CCOC(=O)C1(Cc2ccccc2Cl)CCN(C(=O)CCOc2ccccc2)CC1. The third kappa shape index (κ3) is 5.54. The Morgan fingerprint density at radius 2 is 1.70 bits per heavy atom. The van der Waals surface area contributed by atoms with E-state index in [-0.39, 0.29) is 11.9 Å². The van der Waals surface area contributed by atoms with Gasteiger partial charge in [-0.1, -0.05) is 48.0 Å². The highest BCUT2D eigenvalue weighted by atomic mass is 35.5. The van der Waals surface area contributed by atoms with Crippen LogP contribution in [0.4, 0.5) is 0 Å². The molecule has 0 saturated carbocycles. The number of carbonyl (C=O) groups is 2. The minimum absolute atomic E-state index is 0.0427. The Kier molecular flexibility index (Phi) is 7.75. The van der Waals surface area contributed by atoms with Gasteiger partial charge in [0.1, 0.15) is 5.75 Å². The first kappa shape index (κ1) is 22.2. The minimum Gasteiger partial charge on any atom is -0.493 e. The van der Waals surface area contributed by atoms with E-state index < -0.39 is 5.41 Å². The number of likely N-dealkylation sites (tertiary alicyclic amines) is 1.